The van der Waals surface area contributed by atoms with Gasteiger partial charge in [0, 0.05) is 17.5 Å². The second kappa shape index (κ2) is 7.53. The molecule has 0 bridgehead atoms. The largest absolute Gasteiger partial charge is 0.393 e. The number of aromatic nitrogens is 6. The number of hydrogen-bond donors (Lipinski definition) is 3. The van der Waals surface area contributed by atoms with E-state index in [0.29, 0.717) is 29.8 Å². The van der Waals surface area contributed by atoms with Gasteiger partial charge in [0.15, 0.2) is 17.0 Å². The Morgan fingerprint density at radius 3 is 2.90 bits per heavy atom. The minimum absolute atomic E-state index is 0.189. The maximum Gasteiger partial charge on any atom is 0.333 e. The molecule has 5 rings (SSSR count). The molecule has 3 heterocycles. The van der Waals surface area contributed by atoms with Gasteiger partial charge in [-0.05, 0) is 25.0 Å². The first-order valence-corrected chi connectivity index (χ1v) is 11.1. The fourth-order valence-electron chi connectivity index (χ4n) is 4.02. The lowest BCUT2D eigenvalue weighted by atomic mass is 10.1. The Labute approximate surface area is 176 Å². The van der Waals surface area contributed by atoms with E-state index in [1.54, 1.807) is 4.68 Å². The molecule has 13 heteroatoms. The zero-order chi connectivity index (χ0) is 21.6. The van der Waals surface area contributed by atoms with Crippen molar-refractivity contribution in [2.75, 3.05) is 12.0 Å². The molecule has 0 aliphatic heterocycles. The summed E-state index contributed by atoms with van der Waals surface area (Å²) in [7, 11) is -4.06. The van der Waals surface area contributed by atoms with Crippen molar-refractivity contribution in [3.8, 4) is 0 Å². The van der Waals surface area contributed by atoms with Crippen LogP contribution in [0.5, 0.6) is 0 Å². The van der Waals surface area contributed by atoms with Crippen LogP contribution in [-0.4, -0.2) is 55.9 Å². The highest BCUT2D eigenvalue weighted by Gasteiger charge is 2.36. The number of nitrogens with two attached hydrogens (primary N) is 1. The van der Waals surface area contributed by atoms with Crippen molar-refractivity contribution in [3.63, 3.8) is 0 Å². The molecule has 0 saturated heterocycles. The molecule has 0 amide bonds. The molecular weight excluding hydrogens is 424 g/mol. The van der Waals surface area contributed by atoms with Crippen molar-refractivity contribution in [2.24, 2.45) is 11.1 Å². The van der Waals surface area contributed by atoms with Gasteiger partial charge in [-0.2, -0.15) is 8.42 Å². The second-order valence-corrected chi connectivity index (χ2v) is 8.74. The zero-order valence-corrected chi connectivity index (χ0v) is 17.1. The fourth-order valence-corrected chi connectivity index (χ4v) is 4.39. The van der Waals surface area contributed by atoms with E-state index in [9.17, 15) is 13.5 Å². The quantitative estimate of drug-likeness (QED) is 0.386. The van der Waals surface area contributed by atoms with Crippen LogP contribution in [-0.2, 0) is 14.5 Å². The highest BCUT2D eigenvalue weighted by atomic mass is 32.2. The molecule has 0 spiro atoms. The van der Waals surface area contributed by atoms with Gasteiger partial charge in [-0.1, -0.05) is 23.4 Å². The third-order valence-electron chi connectivity index (χ3n) is 5.51. The highest BCUT2D eigenvalue weighted by molar-refractivity contribution is 7.84. The van der Waals surface area contributed by atoms with Crippen LogP contribution in [0.2, 0.25) is 0 Å². The average Bonchev–Trinajstić information content (AvgIpc) is 3.43. The Bertz CT molecular complexity index is 1350. The number of hydrogen-bond acceptors (Lipinski definition) is 9. The Kier molecular flexibility index (Phi) is 4.81. The molecule has 12 nitrogen and oxygen atoms in total. The SMILES string of the molecule is NS(=O)(=O)OC[C@@H]1C[C@@H](n2nnc3c(Nn4ccc5ccccc54)ncnc32)C[C@@H]1O. The molecule has 1 aliphatic rings. The van der Waals surface area contributed by atoms with Crippen LogP contribution in [0.4, 0.5) is 5.82 Å². The monoisotopic (exact) mass is 444 g/mol. The molecule has 162 valence electrons. The van der Waals surface area contributed by atoms with Gasteiger partial charge in [-0.25, -0.2) is 19.8 Å². The van der Waals surface area contributed by atoms with Crippen LogP contribution in [0.15, 0.2) is 42.9 Å². The zero-order valence-electron chi connectivity index (χ0n) is 16.2. The molecule has 1 saturated carbocycles. The van der Waals surface area contributed by atoms with E-state index < -0.39 is 22.3 Å². The first-order valence-electron chi connectivity index (χ1n) is 9.63. The number of aliphatic hydroxyl groups excluding tert-OH is 1. The van der Waals surface area contributed by atoms with Gasteiger partial charge in [-0.3, -0.25) is 14.3 Å². The number of nitrogens with one attached hydrogen (secondary N) is 1. The second-order valence-electron chi connectivity index (χ2n) is 7.51. The van der Waals surface area contributed by atoms with Gasteiger partial charge in [0.2, 0.25) is 0 Å². The minimum Gasteiger partial charge on any atom is -0.393 e. The molecule has 1 aliphatic carbocycles. The van der Waals surface area contributed by atoms with Crippen LogP contribution in [0, 0.1) is 5.92 Å². The molecule has 0 radical (unpaired) electrons. The minimum atomic E-state index is -4.06. The van der Waals surface area contributed by atoms with Crippen molar-refractivity contribution in [1.29, 1.82) is 0 Å². The summed E-state index contributed by atoms with van der Waals surface area (Å²) in [5.74, 6) is 0.0958. The Morgan fingerprint density at radius 2 is 2.06 bits per heavy atom. The van der Waals surface area contributed by atoms with Crippen molar-refractivity contribution in [3.05, 3.63) is 42.9 Å². The van der Waals surface area contributed by atoms with Crippen LogP contribution >= 0.6 is 0 Å². The lowest BCUT2D eigenvalue weighted by Gasteiger charge is -2.12. The standard InChI is InChI=1S/C18H20N8O4S/c19-31(28,29)30-9-12-7-13(8-15(12)27)26-18-16(22-24-26)17(20-10-21-18)23-25-6-5-11-3-1-2-4-14(11)25/h1-6,10,12-13,15,27H,7-9H2,(H2,19,28,29)(H,20,21,23)/t12-,13+,15-/m0/s1. The van der Waals surface area contributed by atoms with Crippen LogP contribution in [0.1, 0.15) is 18.9 Å². The first kappa shape index (κ1) is 19.8. The van der Waals surface area contributed by atoms with E-state index in [1.165, 1.54) is 6.33 Å². The first-order chi connectivity index (χ1) is 14.9. The smallest absolute Gasteiger partial charge is 0.333 e. The lowest BCUT2D eigenvalue weighted by Crippen LogP contribution is -2.24. The number of anilines is 1. The summed E-state index contributed by atoms with van der Waals surface area (Å²) in [6.45, 7) is -0.189. The van der Waals surface area contributed by atoms with Gasteiger partial charge in [0.05, 0.1) is 24.3 Å². The molecule has 31 heavy (non-hydrogen) atoms. The van der Waals surface area contributed by atoms with Gasteiger partial charge < -0.3 is 5.11 Å². The van der Waals surface area contributed by atoms with E-state index in [2.05, 4.69) is 29.9 Å². The van der Waals surface area contributed by atoms with Crippen molar-refractivity contribution in [1.82, 2.24) is 29.6 Å². The van der Waals surface area contributed by atoms with Gasteiger partial charge in [0.1, 0.15) is 6.33 Å². The summed E-state index contributed by atoms with van der Waals surface area (Å²) < 4.78 is 30.2. The topological polar surface area (TPSA) is 163 Å². The van der Waals surface area contributed by atoms with Gasteiger partial charge in [-0.15, -0.1) is 5.10 Å². The number of para-hydroxylation sites is 1. The average molecular weight is 444 g/mol. The van der Waals surface area contributed by atoms with E-state index >= 15 is 0 Å². The molecule has 0 unspecified atom stereocenters. The van der Waals surface area contributed by atoms with Gasteiger partial charge >= 0.3 is 10.3 Å². The lowest BCUT2D eigenvalue weighted by molar-refractivity contribution is 0.100. The molecular formula is C18H20N8O4S. The predicted molar refractivity (Wildman–Crippen MR) is 111 cm³/mol. The molecule has 3 atom stereocenters. The van der Waals surface area contributed by atoms with Crippen LogP contribution in [0.3, 0.4) is 0 Å². The summed E-state index contributed by atoms with van der Waals surface area (Å²) in [5, 5.41) is 24.8. The van der Waals surface area contributed by atoms with Crippen LogP contribution < -0.4 is 10.6 Å². The normalized spacial score (nSPS) is 21.8. The highest BCUT2D eigenvalue weighted by Crippen LogP contribution is 2.36. The molecule has 1 aromatic carbocycles. The van der Waals surface area contributed by atoms with E-state index in [0.717, 1.165) is 10.9 Å². The Balaban J connectivity index is 1.41. The third kappa shape index (κ3) is 3.83. The third-order valence-corrected chi connectivity index (χ3v) is 5.98. The number of aliphatic hydroxyl groups is 1. The summed E-state index contributed by atoms with van der Waals surface area (Å²) >= 11 is 0. The molecule has 4 aromatic rings. The van der Waals surface area contributed by atoms with Crippen LogP contribution in [0.25, 0.3) is 22.1 Å². The summed E-state index contributed by atoms with van der Waals surface area (Å²) in [6, 6.07) is 9.69. The van der Waals surface area contributed by atoms with Crippen molar-refractivity contribution in [2.45, 2.75) is 25.0 Å². The van der Waals surface area contributed by atoms with E-state index in [-0.39, 0.29) is 12.6 Å². The summed E-state index contributed by atoms with van der Waals surface area (Å²) in [5.41, 5.74) is 5.21. The van der Waals surface area contributed by atoms with Crippen molar-refractivity contribution >= 4 is 38.2 Å². The maximum absolute atomic E-state index is 11.0. The number of nitrogens with zero attached hydrogens (tertiary/aromatic N) is 6. The Hall–Kier alpha value is -3.13. The maximum atomic E-state index is 11.0. The van der Waals surface area contributed by atoms with E-state index in [1.807, 2.05) is 41.2 Å². The number of fused-ring (bicyclic) bond motifs is 2. The summed E-state index contributed by atoms with van der Waals surface area (Å²) in [4.78, 5) is 8.63. The van der Waals surface area contributed by atoms with Gasteiger partial charge in [0.25, 0.3) is 0 Å². The van der Waals surface area contributed by atoms with Crippen molar-refractivity contribution < 1.29 is 17.7 Å². The predicted octanol–water partition coefficient (Wildman–Crippen LogP) is 0.583. The number of benzene rings is 1. The van der Waals surface area contributed by atoms with E-state index in [4.69, 9.17) is 5.14 Å². The molecule has 3 aromatic heterocycles. The fraction of sp³-hybridized carbons (Fsp3) is 0.333. The molecule has 1 fully saturated rings. The number of rotatable bonds is 6. The summed E-state index contributed by atoms with van der Waals surface area (Å²) in [6.07, 6.45) is 3.38. The molecule has 4 N–H and O–H groups in total. The Morgan fingerprint density at radius 1 is 1.23 bits per heavy atom.